The SMILES string of the molecule is C=C(Cl)O[SH]=O. The normalized spacial score (nSPS) is 7.50. The van der Waals surface area contributed by atoms with Crippen LogP contribution in [-0.2, 0) is 16.1 Å². The molecular weight excluding hydrogens is 124 g/mol. The molecule has 0 rings (SSSR count). The molecule has 0 aromatic carbocycles. The van der Waals surface area contributed by atoms with Gasteiger partial charge in [-0.25, -0.2) is 4.21 Å². The molecule has 0 unspecified atom stereocenters. The lowest BCUT2D eigenvalue weighted by Gasteiger charge is -1.82. The summed E-state index contributed by atoms with van der Waals surface area (Å²) < 4.78 is 13.4. The molecule has 0 aliphatic heterocycles. The van der Waals surface area contributed by atoms with Crippen molar-refractivity contribution in [1.82, 2.24) is 0 Å². The van der Waals surface area contributed by atoms with Crippen LogP contribution >= 0.6 is 11.6 Å². The second kappa shape index (κ2) is 3.18. The number of halogens is 1. The van der Waals surface area contributed by atoms with Gasteiger partial charge in [-0.05, 0) is 18.2 Å². The molecule has 0 saturated carbocycles. The van der Waals surface area contributed by atoms with Crippen LogP contribution in [0.1, 0.15) is 0 Å². The monoisotopic (exact) mass is 126 g/mol. The van der Waals surface area contributed by atoms with E-state index in [4.69, 9.17) is 11.6 Å². The summed E-state index contributed by atoms with van der Waals surface area (Å²) in [5.41, 5.74) is 0. The highest BCUT2D eigenvalue weighted by Crippen LogP contribution is 1.94. The minimum atomic E-state index is -0.458. The van der Waals surface area contributed by atoms with Crippen LogP contribution in [0.4, 0.5) is 0 Å². The molecule has 0 spiro atoms. The third-order valence-electron chi connectivity index (χ3n) is 0.136. The molecular formula is C2H3ClO2S. The maximum absolute atomic E-state index is 9.34. The van der Waals surface area contributed by atoms with Crippen molar-refractivity contribution in [2.75, 3.05) is 0 Å². The Labute approximate surface area is 44.4 Å². The maximum atomic E-state index is 9.34. The Morgan fingerprint density at radius 1 is 2.00 bits per heavy atom. The topological polar surface area (TPSA) is 26.3 Å². The van der Waals surface area contributed by atoms with Gasteiger partial charge in [0.25, 0.3) is 0 Å². The van der Waals surface area contributed by atoms with Crippen molar-refractivity contribution in [1.29, 1.82) is 0 Å². The van der Waals surface area contributed by atoms with Crippen LogP contribution in [0.5, 0.6) is 0 Å². The molecule has 0 atom stereocenters. The summed E-state index contributed by atoms with van der Waals surface area (Å²) >= 11 is 4.50. The van der Waals surface area contributed by atoms with Gasteiger partial charge in [-0.15, -0.1) is 0 Å². The summed E-state index contributed by atoms with van der Waals surface area (Å²) in [7, 11) is 0. The van der Waals surface area contributed by atoms with Crippen molar-refractivity contribution >= 4 is 23.5 Å². The van der Waals surface area contributed by atoms with Crippen LogP contribution in [0.3, 0.4) is 0 Å². The number of hydrogen-bond donors (Lipinski definition) is 1. The molecule has 0 radical (unpaired) electrons. The summed E-state index contributed by atoms with van der Waals surface area (Å²) in [6.07, 6.45) is 0. The zero-order valence-electron chi connectivity index (χ0n) is 2.85. The van der Waals surface area contributed by atoms with Crippen molar-refractivity contribution in [2.45, 2.75) is 0 Å². The molecule has 0 aromatic heterocycles. The lowest BCUT2D eigenvalue weighted by Crippen LogP contribution is -1.69. The predicted molar refractivity (Wildman–Crippen MR) is 25.6 cm³/mol. The average molecular weight is 127 g/mol. The highest BCUT2D eigenvalue weighted by molar-refractivity contribution is 7.60. The molecule has 2 nitrogen and oxygen atoms in total. The van der Waals surface area contributed by atoms with Gasteiger partial charge < -0.3 is 4.18 Å². The van der Waals surface area contributed by atoms with E-state index in [0.29, 0.717) is 0 Å². The highest BCUT2D eigenvalue weighted by atomic mass is 35.5. The standard InChI is InChI=1S/C2H3ClO2S/c1-2(3)5-6-4/h6H,1H2. The van der Waals surface area contributed by atoms with E-state index in [2.05, 4.69) is 10.8 Å². The Morgan fingerprint density at radius 3 is 2.50 bits per heavy atom. The van der Waals surface area contributed by atoms with E-state index in [9.17, 15) is 4.21 Å². The lowest BCUT2D eigenvalue weighted by atomic mass is 11.2. The Hall–Kier alpha value is -0.0200. The van der Waals surface area contributed by atoms with E-state index in [-0.39, 0.29) is 5.22 Å². The Morgan fingerprint density at radius 2 is 2.50 bits per heavy atom. The first-order valence-corrected chi connectivity index (χ1v) is 2.22. The minimum Gasteiger partial charge on any atom is -0.391 e. The summed E-state index contributed by atoms with van der Waals surface area (Å²) in [6, 6.07) is 0. The van der Waals surface area contributed by atoms with Gasteiger partial charge in [0.15, 0.2) is 17.2 Å². The van der Waals surface area contributed by atoms with Crippen molar-refractivity contribution in [3.05, 3.63) is 11.8 Å². The van der Waals surface area contributed by atoms with Gasteiger partial charge in [0.05, 0.1) is 0 Å². The van der Waals surface area contributed by atoms with Crippen LogP contribution in [-0.4, -0.2) is 4.21 Å². The van der Waals surface area contributed by atoms with Crippen LogP contribution in [0, 0.1) is 0 Å². The predicted octanol–water partition coefficient (Wildman–Crippen LogP) is 0.573. The molecule has 36 valence electrons. The minimum absolute atomic E-state index is 0.0633. The molecule has 0 amide bonds. The van der Waals surface area contributed by atoms with E-state index in [1.54, 1.807) is 0 Å². The molecule has 0 fully saturated rings. The largest absolute Gasteiger partial charge is 0.391 e. The van der Waals surface area contributed by atoms with Crippen molar-refractivity contribution in [2.24, 2.45) is 0 Å². The van der Waals surface area contributed by atoms with Crippen molar-refractivity contribution in [3.63, 3.8) is 0 Å². The summed E-state index contributed by atoms with van der Waals surface area (Å²) in [5.74, 6) is 0. The molecule has 0 saturated heterocycles. The average Bonchev–Trinajstić information content (AvgIpc) is 1.35. The Kier molecular flexibility index (Phi) is 3.17. The zero-order chi connectivity index (χ0) is 4.99. The fourth-order valence-electron chi connectivity index (χ4n) is 0.0404. The van der Waals surface area contributed by atoms with Gasteiger partial charge in [0, 0.05) is 0 Å². The maximum Gasteiger partial charge on any atom is 0.199 e. The second-order valence-corrected chi connectivity index (χ2v) is 1.27. The molecule has 0 N–H and O–H groups in total. The Balaban J connectivity index is 3.05. The number of hydrogen-bond acceptors (Lipinski definition) is 2. The van der Waals surface area contributed by atoms with E-state index in [1.165, 1.54) is 0 Å². The molecule has 0 bridgehead atoms. The summed E-state index contributed by atoms with van der Waals surface area (Å²) in [6.45, 7) is 3.08. The second-order valence-electron chi connectivity index (χ2n) is 0.521. The van der Waals surface area contributed by atoms with Crippen molar-refractivity contribution < 1.29 is 8.39 Å². The number of rotatable bonds is 2. The quantitative estimate of drug-likeness (QED) is 0.433. The Bertz CT molecular complexity index is 71.9. The molecule has 4 heteroatoms. The fraction of sp³-hybridized carbons (Fsp3) is 0. The lowest BCUT2D eigenvalue weighted by molar-refractivity contribution is 0.509. The van der Waals surface area contributed by atoms with Gasteiger partial charge in [-0.3, -0.25) is 0 Å². The van der Waals surface area contributed by atoms with Crippen molar-refractivity contribution in [3.8, 4) is 0 Å². The van der Waals surface area contributed by atoms with E-state index in [1.807, 2.05) is 0 Å². The van der Waals surface area contributed by atoms with Gasteiger partial charge in [-0.1, -0.05) is 0 Å². The first-order valence-electron chi connectivity index (χ1n) is 1.11. The van der Waals surface area contributed by atoms with Crippen LogP contribution in [0.15, 0.2) is 11.8 Å². The van der Waals surface area contributed by atoms with Gasteiger partial charge in [-0.2, -0.15) is 0 Å². The molecule has 0 aliphatic carbocycles. The van der Waals surface area contributed by atoms with E-state index >= 15 is 0 Å². The molecule has 0 aromatic rings. The van der Waals surface area contributed by atoms with Gasteiger partial charge in [0.2, 0.25) is 0 Å². The highest BCUT2D eigenvalue weighted by Gasteiger charge is 1.76. The van der Waals surface area contributed by atoms with Gasteiger partial charge >= 0.3 is 0 Å². The van der Waals surface area contributed by atoms with E-state index in [0.717, 1.165) is 0 Å². The number of thiol groups is 1. The first kappa shape index (κ1) is 5.98. The van der Waals surface area contributed by atoms with Crippen LogP contribution in [0.2, 0.25) is 0 Å². The smallest absolute Gasteiger partial charge is 0.199 e. The molecule has 6 heavy (non-hydrogen) atoms. The molecule has 0 heterocycles. The fourth-order valence-corrected chi connectivity index (χ4v) is 0.206. The van der Waals surface area contributed by atoms with Crippen LogP contribution < -0.4 is 0 Å². The third kappa shape index (κ3) is 3.98. The summed E-state index contributed by atoms with van der Waals surface area (Å²) in [5, 5.41) is -0.0633. The summed E-state index contributed by atoms with van der Waals surface area (Å²) in [4.78, 5) is 0. The van der Waals surface area contributed by atoms with E-state index < -0.39 is 11.9 Å². The zero-order valence-corrected chi connectivity index (χ0v) is 4.50. The molecule has 0 aliphatic rings. The first-order chi connectivity index (χ1) is 2.77. The van der Waals surface area contributed by atoms with Crippen LogP contribution in [0.25, 0.3) is 0 Å². The van der Waals surface area contributed by atoms with Gasteiger partial charge in [0.1, 0.15) is 0 Å². The third-order valence-corrected chi connectivity index (χ3v) is 0.616.